The second kappa shape index (κ2) is 6.41. The van der Waals surface area contributed by atoms with Gasteiger partial charge in [0, 0.05) is 37.3 Å². The van der Waals surface area contributed by atoms with Crippen LogP contribution in [-0.4, -0.2) is 34.3 Å². The van der Waals surface area contributed by atoms with E-state index in [0.717, 1.165) is 25.1 Å². The fourth-order valence-corrected chi connectivity index (χ4v) is 2.41. The lowest BCUT2D eigenvalue weighted by atomic mass is 10.1. The van der Waals surface area contributed by atoms with Crippen LogP contribution in [0.1, 0.15) is 38.3 Å². The van der Waals surface area contributed by atoms with E-state index >= 15 is 0 Å². The van der Waals surface area contributed by atoms with Crippen LogP contribution in [0.4, 0.5) is 0 Å². The summed E-state index contributed by atoms with van der Waals surface area (Å²) < 4.78 is 0. The van der Waals surface area contributed by atoms with Gasteiger partial charge in [-0.15, -0.1) is 0 Å². The Morgan fingerprint density at radius 1 is 1.53 bits per heavy atom. The van der Waals surface area contributed by atoms with Gasteiger partial charge in [0.05, 0.1) is 6.54 Å². The number of hydrogen-bond donors (Lipinski definition) is 2. The zero-order valence-electron chi connectivity index (χ0n) is 11.3. The zero-order valence-corrected chi connectivity index (χ0v) is 11.3. The molecule has 1 aromatic rings. The average Bonchev–Trinajstić information content (AvgIpc) is 2.90. The van der Waals surface area contributed by atoms with Crippen LogP contribution >= 0.6 is 0 Å². The number of likely N-dealkylation sites (tertiary alicyclic amines) is 1. The molecule has 0 aliphatic carbocycles. The minimum atomic E-state index is -0.0172. The SMILES string of the molecule is C[C@@H](CC(=O)NCc1ccc[nH]1)N1CCCCC1=O. The number of amides is 2. The van der Waals surface area contributed by atoms with E-state index in [4.69, 9.17) is 0 Å². The minimum absolute atomic E-state index is 0.0135. The Hall–Kier alpha value is -1.78. The van der Waals surface area contributed by atoms with Crippen molar-refractivity contribution < 1.29 is 9.59 Å². The molecular weight excluding hydrogens is 242 g/mol. The number of carbonyl (C=O) groups is 2. The number of nitrogens with zero attached hydrogens (tertiary/aromatic N) is 1. The van der Waals surface area contributed by atoms with Crippen molar-refractivity contribution in [1.29, 1.82) is 0 Å². The van der Waals surface area contributed by atoms with Gasteiger partial charge in [-0.25, -0.2) is 0 Å². The summed E-state index contributed by atoms with van der Waals surface area (Å²) in [6, 6.07) is 3.81. The number of H-pyrrole nitrogens is 1. The molecule has 1 saturated heterocycles. The van der Waals surface area contributed by atoms with E-state index in [9.17, 15) is 9.59 Å². The highest BCUT2D eigenvalue weighted by molar-refractivity contribution is 5.80. The predicted octanol–water partition coefficient (Wildman–Crippen LogP) is 1.42. The Labute approximate surface area is 113 Å². The van der Waals surface area contributed by atoms with Gasteiger partial charge in [-0.05, 0) is 31.9 Å². The van der Waals surface area contributed by atoms with E-state index in [1.165, 1.54) is 0 Å². The summed E-state index contributed by atoms with van der Waals surface area (Å²) >= 11 is 0. The fraction of sp³-hybridized carbons (Fsp3) is 0.571. The lowest BCUT2D eigenvalue weighted by Crippen LogP contribution is -2.44. The molecule has 5 nitrogen and oxygen atoms in total. The Morgan fingerprint density at radius 2 is 2.37 bits per heavy atom. The Balaban J connectivity index is 1.76. The second-order valence-electron chi connectivity index (χ2n) is 5.07. The maximum atomic E-state index is 11.8. The summed E-state index contributed by atoms with van der Waals surface area (Å²) in [7, 11) is 0. The molecule has 1 atom stereocenters. The lowest BCUT2D eigenvalue weighted by Gasteiger charge is -2.32. The molecule has 1 fully saturated rings. The summed E-state index contributed by atoms with van der Waals surface area (Å²) in [6.45, 7) is 3.23. The van der Waals surface area contributed by atoms with E-state index in [1.807, 2.05) is 30.2 Å². The maximum Gasteiger partial charge on any atom is 0.222 e. The molecule has 1 aliphatic heterocycles. The third-order valence-corrected chi connectivity index (χ3v) is 3.51. The van der Waals surface area contributed by atoms with Crippen LogP contribution < -0.4 is 5.32 Å². The van der Waals surface area contributed by atoms with E-state index in [0.29, 0.717) is 19.4 Å². The van der Waals surface area contributed by atoms with Crippen molar-refractivity contribution >= 4 is 11.8 Å². The van der Waals surface area contributed by atoms with Crippen molar-refractivity contribution in [3.63, 3.8) is 0 Å². The quantitative estimate of drug-likeness (QED) is 0.844. The van der Waals surface area contributed by atoms with Gasteiger partial charge in [-0.3, -0.25) is 9.59 Å². The topological polar surface area (TPSA) is 65.2 Å². The van der Waals surface area contributed by atoms with Crippen molar-refractivity contribution in [2.75, 3.05) is 6.54 Å². The summed E-state index contributed by atoms with van der Waals surface area (Å²) in [5.74, 6) is 0.163. The fourth-order valence-electron chi connectivity index (χ4n) is 2.41. The molecule has 104 valence electrons. The van der Waals surface area contributed by atoms with Gasteiger partial charge in [0.1, 0.15) is 0 Å². The first-order chi connectivity index (χ1) is 9.16. The molecule has 0 saturated carbocycles. The van der Waals surface area contributed by atoms with Crippen LogP contribution in [0.3, 0.4) is 0 Å². The molecular formula is C14H21N3O2. The van der Waals surface area contributed by atoms with Crippen molar-refractivity contribution in [3.8, 4) is 0 Å². The van der Waals surface area contributed by atoms with Crippen molar-refractivity contribution in [2.24, 2.45) is 0 Å². The van der Waals surface area contributed by atoms with Gasteiger partial charge in [-0.2, -0.15) is 0 Å². The third-order valence-electron chi connectivity index (χ3n) is 3.51. The van der Waals surface area contributed by atoms with E-state index in [-0.39, 0.29) is 17.9 Å². The standard InChI is InChI=1S/C14H21N3O2/c1-11(17-8-3-2-6-14(17)19)9-13(18)16-10-12-5-4-7-15-12/h4-5,7,11,15H,2-3,6,8-10H2,1H3,(H,16,18)/t11-/m0/s1. The Kier molecular flexibility index (Phi) is 4.60. The molecule has 0 bridgehead atoms. The Morgan fingerprint density at radius 3 is 3.05 bits per heavy atom. The molecule has 0 spiro atoms. The summed E-state index contributed by atoms with van der Waals surface area (Å²) in [5, 5.41) is 2.86. The number of aromatic nitrogens is 1. The van der Waals surface area contributed by atoms with Crippen LogP contribution in [0.2, 0.25) is 0 Å². The molecule has 2 N–H and O–H groups in total. The van der Waals surface area contributed by atoms with Crippen LogP contribution in [0.5, 0.6) is 0 Å². The van der Waals surface area contributed by atoms with Crippen molar-refractivity contribution in [2.45, 2.75) is 45.2 Å². The van der Waals surface area contributed by atoms with Gasteiger partial charge < -0.3 is 15.2 Å². The van der Waals surface area contributed by atoms with Gasteiger partial charge in [-0.1, -0.05) is 0 Å². The van der Waals surface area contributed by atoms with Crippen LogP contribution in [0.15, 0.2) is 18.3 Å². The van der Waals surface area contributed by atoms with Gasteiger partial charge in [0.15, 0.2) is 0 Å². The van der Waals surface area contributed by atoms with Gasteiger partial charge in [0.25, 0.3) is 0 Å². The zero-order chi connectivity index (χ0) is 13.7. The molecule has 2 rings (SSSR count). The molecule has 1 aliphatic rings. The number of aromatic amines is 1. The smallest absolute Gasteiger partial charge is 0.222 e. The molecule has 0 radical (unpaired) electrons. The normalized spacial score (nSPS) is 17.3. The van der Waals surface area contributed by atoms with Gasteiger partial charge >= 0.3 is 0 Å². The number of nitrogens with one attached hydrogen (secondary N) is 2. The predicted molar refractivity (Wildman–Crippen MR) is 72.3 cm³/mol. The number of hydrogen-bond acceptors (Lipinski definition) is 2. The molecule has 2 heterocycles. The summed E-state index contributed by atoms with van der Waals surface area (Å²) in [6.07, 6.45) is 4.83. The molecule has 1 aromatic heterocycles. The van der Waals surface area contributed by atoms with E-state index in [1.54, 1.807) is 0 Å². The van der Waals surface area contributed by atoms with Crippen molar-refractivity contribution in [1.82, 2.24) is 15.2 Å². The van der Waals surface area contributed by atoms with Crippen LogP contribution in [0.25, 0.3) is 0 Å². The first-order valence-corrected chi connectivity index (χ1v) is 6.85. The number of rotatable bonds is 5. The number of piperidine rings is 1. The highest BCUT2D eigenvalue weighted by Gasteiger charge is 2.24. The lowest BCUT2D eigenvalue weighted by molar-refractivity contribution is -0.136. The maximum absolute atomic E-state index is 11.8. The molecule has 0 unspecified atom stereocenters. The summed E-state index contributed by atoms with van der Waals surface area (Å²) in [5.41, 5.74) is 0.982. The largest absolute Gasteiger partial charge is 0.364 e. The first kappa shape index (κ1) is 13.6. The average molecular weight is 263 g/mol. The highest BCUT2D eigenvalue weighted by Crippen LogP contribution is 2.15. The van der Waals surface area contributed by atoms with Crippen LogP contribution in [-0.2, 0) is 16.1 Å². The van der Waals surface area contributed by atoms with Gasteiger partial charge in [0.2, 0.25) is 11.8 Å². The van der Waals surface area contributed by atoms with Crippen LogP contribution in [0, 0.1) is 0 Å². The van der Waals surface area contributed by atoms with Crippen molar-refractivity contribution in [3.05, 3.63) is 24.0 Å². The third kappa shape index (κ3) is 3.84. The highest BCUT2D eigenvalue weighted by atomic mass is 16.2. The summed E-state index contributed by atoms with van der Waals surface area (Å²) in [4.78, 5) is 28.5. The Bertz CT molecular complexity index is 428. The van der Waals surface area contributed by atoms with E-state index < -0.39 is 0 Å². The molecule has 19 heavy (non-hydrogen) atoms. The minimum Gasteiger partial charge on any atom is -0.364 e. The molecule has 2 amide bonds. The first-order valence-electron chi connectivity index (χ1n) is 6.85. The molecule has 5 heteroatoms. The second-order valence-corrected chi connectivity index (χ2v) is 5.07. The number of carbonyl (C=O) groups excluding carboxylic acids is 2. The monoisotopic (exact) mass is 263 g/mol. The van der Waals surface area contributed by atoms with E-state index in [2.05, 4.69) is 10.3 Å². The molecule has 0 aromatic carbocycles.